The van der Waals surface area contributed by atoms with Gasteiger partial charge in [-0.15, -0.1) is 0 Å². The smallest absolute Gasteiger partial charge is 0.265 e. The van der Waals surface area contributed by atoms with Crippen LogP contribution in [0.1, 0.15) is 10.4 Å². The van der Waals surface area contributed by atoms with Crippen molar-refractivity contribution in [2.24, 2.45) is 0 Å². The van der Waals surface area contributed by atoms with Crippen LogP contribution in [0.4, 0.5) is 8.78 Å². The highest BCUT2D eigenvalue weighted by molar-refractivity contribution is 6.05. The van der Waals surface area contributed by atoms with Crippen molar-refractivity contribution in [1.29, 1.82) is 0 Å². The lowest BCUT2D eigenvalue weighted by atomic mass is 10.1. The Bertz CT molecular complexity index is 584. The van der Waals surface area contributed by atoms with Crippen LogP contribution in [0.25, 0.3) is 10.9 Å². The Morgan fingerprint density at radius 1 is 1.32 bits per heavy atom. The van der Waals surface area contributed by atoms with Gasteiger partial charge in [0.15, 0.2) is 0 Å². The van der Waals surface area contributed by atoms with Crippen LogP contribution in [0, 0.1) is 0 Å². The minimum absolute atomic E-state index is 0.291. The van der Waals surface area contributed by atoms with E-state index in [-0.39, 0.29) is 0 Å². The van der Waals surface area contributed by atoms with E-state index in [0.29, 0.717) is 11.1 Å². The highest BCUT2D eigenvalue weighted by Crippen LogP contribution is 2.15. The van der Waals surface area contributed by atoms with E-state index in [1.54, 1.807) is 36.5 Å². The number of amides is 1. The molecule has 1 atom stereocenters. The summed E-state index contributed by atoms with van der Waals surface area (Å²) in [5.74, 6) is -0.538. The number of fused-ring (bicyclic) bond motifs is 1. The molecule has 2 aromatic rings. The molecule has 1 amide bonds. The number of benzene rings is 1. The van der Waals surface area contributed by atoms with Gasteiger partial charge in [0.25, 0.3) is 12.3 Å². The van der Waals surface area contributed by atoms with Crippen LogP contribution in [-0.4, -0.2) is 35.1 Å². The molecule has 1 heterocycles. The SMILES string of the molecule is O=C(NCC(O)C(F)F)c1cccc2cccnc12. The number of hydrogen-bond donors (Lipinski definition) is 2. The van der Waals surface area contributed by atoms with Gasteiger partial charge in [-0.25, -0.2) is 8.78 Å². The number of alkyl halides is 2. The molecule has 1 aromatic carbocycles. The summed E-state index contributed by atoms with van der Waals surface area (Å²) in [4.78, 5) is 16.0. The number of aliphatic hydroxyl groups excluding tert-OH is 1. The molecule has 0 fully saturated rings. The first-order valence-electron chi connectivity index (χ1n) is 5.68. The molecular weight excluding hydrogens is 254 g/mol. The Hall–Kier alpha value is -2.08. The third kappa shape index (κ3) is 3.03. The monoisotopic (exact) mass is 266 g/mol. The molecule has 4 nitrogen and oxygen atoms in total. The van der Waals surface area contributed by atoms with Crippen LogP contribution in [0.15, 0.2) is 36.5 Å². The number of rotatable bonds is 4. The van der Waals surface area contributed by atoms with E-state index >= 15 is 0 Å². The van der Waals surface area contributed by atoms with Gasteiger partial charge in [0.1, 0.15) is 6.10 Å². The van der Waals surface area contributed by atoms with Crippen molar-refractivity contribution in [1.82, 2.24) is 10.3 Å². The summed E-state index contributed by atoms with van der Waals surface area (Å²) in [6.45, 7) is -0.500. The molecule has 0 spiro atoms. The van der Waals surface area contributed by atoms with E-state index in [9.17, 15) is 13.6 Å². The number of carbonyl (C=O) groups excluding carboxylic acids is 1. The zero-order chi connectivity index (χ0) is 13.8. The van der Waals surface area contributed by atoms with E-state index in [4.69, 9.17) is 5.11 Å². The fourth-order valence-electron chi connectivity index (χ4n) is 1.67. The number of nitrogens with one attached hydrogen (secondary N) is 1. The lowest BCUT2D eigenvalue weighted by molar-refractivity contribution is -0.00269. The first kappa shape index (κ1) is 13.4. The van der Waals surface area contributed by atoms with Crippen molar-refractivity contribution < 1.29 is 18.7 Å². The second-order valence-electron chi connectivity index (χ2n) is 3.99. The fraction of sp³-hybridized carbons (Fsp3) is 0.231. The second-order valence-corrected chi connectivity index (χ2v) is 3.99. The number of nitrogens with zero attached hydrogens (tertiary/aromatic N) is 1. The predicted molar refractivity (Wildman–Crippen MR) is 66.1 cm³/mol. The number of halogens is 2. The second kappa shape index (κ2) is 5.71. The van der Waals surface area contributed by atoms with Gasteiger partial charge in [0.05, 0.1) is 11.1 Å². The maximum Gasteiger partial charge on any atom is 0.265 e. The summed E-state index contributed by atoms with van der Waals surface area (Å²) in [7, 11) is 0. The first-order valence-corrected chi connectivity index (χ1v) is 5.68. The molecule has 0 bridgehead atoms. The number of aromatic nitrogens is 1. The Labute approximate surface area is 108 Å². The molecule has 19 heavy (non-hydrogen) atoms. The van der Waals surface area contributed by atoms with Crippen LogP contribution in [-0.2, 0) is 0 Å². The van der Waals surface area contributed by atoms with Gasteiger partial charge in [-0.05, 0) is 12.1 Å². The minimum Gasteiger partial charge on any atom is -0.385 e. The van der Waals surface area contributed by atoms with Crippen molar-refractivity contribution >= 4 is 16.8 Å². The first-order chi connectivity index (χ1) is 9.09. The molecule has 0 saturated carbocycles. The molecule has 0 aliphatic rings. The molecule has 0 saturated heterocycles. The highest BCUT2D eigenvalue weighted by Gasteiger charge is 2.18. The number of carbonyl (C=O) groups is 1. The molecule has 6 heteroatoms. The quantitative estimate of drug-likeness (QED) is 0.883. The minimum atomic E-state index is -2.88. The largest absolute Gasteiger partial charge is 0.385 e. The molecule has 0 aliphatic heterocycles. The standard InChI is InChI=1S/C13H12F2N2O2/c14-12(15)10(18)7-17-13(19)9-5-1-3-8-4-2-6-16-11(8)9/h1-6,10,12,18H,7H2,(H,17,19). The van der Waals surface area contributed by atoms with Gasteiger partial charge in [-0.1, -0.05) is 18.2 Å². The molecule has 2 rings (SSSR count). The maximum absolute atomic E-state index is 12.1. The zero-order valence-electron chi connectivity index (χ0n) is 9.88. The van der Waals surface area contributed by atoms with Crippen molar-refractivity contribution in [3.8, 4) is 0 Å². The van der Waals surface area contributed by atoms with Crippen LogP contribution in [0.3, 0.4) is 0 Å². The van der Waals surface area contributed by atoms with Crippen molar-refractivity contribution in [2.75, 3.05) is 6.54 Å². The van der Waals surface area contributed by atoms with E-state index < -0.39 is 25.0 Å². The van der Waals surface area contributed by atoms with Crippen molar-refractivity contribution in [3.05, 3.63) is 42.1 Å². The van der Waals surface area contributed by atoms with Crippen LogP contribution >= 0.6 is 0 Å². The van der Waals surface area contributed by atoms with Gasteiger partial charge in [-0.2, -0.15) is 0 Å². The molecular formula is C13H12F2N2O2. The summed E-state index contributed by atoms with van der Waals surface area (Å²) < 4.78 is 24.2. The number of hydrogen-bond acceptors (Lipinski definition) is 3. The van der Waals surface area contributed by atoms with Gasteiger partial charge in [0.2, 0.25) is 0 Å². The summed E-state index contributed by atoms with van der Waals surface area (Å²) >= 11 is 0. The van der Waals surface area contributed by atoms with E-state index in [1.165, 1.54) is 0 Å². The van der Waals surface area contributed by atoms with E-state index in [0.717, 1.165) is 5.39 Å². The Morgan fingerprint density at radius 2 is 2.05 bits per heavy atom. The average molecular weight is 266 g/mol. The molecule has 0 aliphatic carbocycles. The Balaban J connectivity index is 2.18. The number of aliphatic hydroxyl groups is 1. The van der Waals surface area contributed by atoms with Gasteiger partial charge >= 0.3 is 0 Å². The van der Waals surface area contributed by atoms with Crippen LogP contribution in [0.5, 0.6) is 0 Å². The zero-order valence-corrected chi connectivity index (χ0v) is 9.88. The Kier molecular flexibility index (Phi) is 4.01. The summed E-state index contributed by atoms with van der Waals surface area (Å²) in [6, 6.07) is 8.58. The summed E-state index contributed by atoms with van der Waals surface area (Å²) in [5.41, 5.74) is 0.786. The molecule has 2 N–H and O–H groups in total. The van der Waals surface area contributed by atoms with Crippen LogP contribution < -0.4 is 5.32 Å². The lowest BCUT2D eigenvalue weighted by Crippen LogP contribution is -2.35. The summed E-state index contributed by atoms with van der Waals surface area (Å²) in [6.07, 6.45) is -3.20. The fourth-order valence-corrected chi connectivity index (χ4v) is 1.67. The lowest BCUT2D eigenvalue weighted by Gasteiger charge is -2.11. The molecule has 0 radical (unpaired) electrons. The predicted octanol–water partition coefficient (Wildman–Crippen LogP) is 1.59. The average Bonchev–Trinajstić information content (AvgIpc) is 2.43. The number of pyridine rings is 1. The normalized spacial score (nSPS) is 12.6. The van der Waals surface area contributed by atoms with E-state index in [2.05, 4.69) is 10.3 Å². The molecule has 1 aromatic heterocycles. The maximum atomic E-state index is 12.1. The number of para-hydroxylation sites is 1. The Morgan fingerprint density at radius 3 is 2.79 bits per heavy atom. The highest BCUT2D eigenvalue weighted by atomic mass is 19.3. The van der Waals surface area contributed by atoms with Crippen LogP contribution in [0.2, 0.25) is 0 Å². The van der Waals surface area contributed by atoms with Crippen molar-refractivity contribution in [2.45, 2.75) is 12.5 Å². The van der Waals surface area contributed by atoms with Gasteiger partial charge in [0, 0.05) is 18.1 Å². The molecule has 100 valence electrons. The van der Waals surface area contributed by atoms with Gasteiger partial charge < -0.3 is 10.4 Å². The van der Waals surface area contributed by atoms with Crippen molar-refractivity contribution in [3.63, 3.8) is 0 Å². The van der Waals surface area contributed by atoms with E-state index in [1.807, 2.05) is 0 Å². The third-order valence-corrected chi connectivity index (χ3v) is 2.64. The molecule has 1 unspecified atom stereocenters. The topological polar surface area (TPSA) is 62.2 Å². The third-order valence-electron chi connectivity index (χ3n) is 2.64. The van der Waals surface area contributed by atoms with Gasteiger partial charge in [-0.3, -0.25) is 9.78 Å². The summed E-state index contributed by atoms with van der Waals surface area (Å²) in [5, 5.41) is 12.0.